The van der Waals surface area contributed by atoms with E-state index in [0.717, 1.165) is 5.56 Å². The zero-order valence-corrected chi connectivity index (χ0v) is 23.7. The summed E-state index contributed by atoms with van der Waals surface area (Å²) in [7, 11) is -3.66. The minimum Gasteiger partial charge on any atom is -0.444 e. The van der Waals surface area contributed by atoms with Gasteiger partial charge in [0.25, 0.3) is 0 Å². The van der Waals surface area contributed by atoms with Crippen LogP contribution in [-0.2, 0) is 30.6 Å². The first-order valence-electron chi connectivity index (χ1n) is 13.0. The molecule has 0 bridgehead atoms. The van der Waals surface area contributed by atoms with E-state index < -0.39 is 39.5 Å². The molecule has 0 unspecified atom stereocenters. The van der Waals surface area contributed by atoms with Crippen LogP contribution in [0, 0.1) is 5.92 Å². The van der Waals surface area contributed by atoms with Crippen molar-refractivity contribution >= 4 is 27.6 Å². The van der Waals surface area contributed by atoms with E-state index in [0.29, 0.717) is 19.3 Å². The summed E-state index contributed by atoms with van der Waals surface area (Å²) in [6.07, 6.45) is 0.436. The van der Waals surface area contributed by atoms with Gasteiger partial charge in [-0.1, -0.05) is 68.8 Å². The Morgan fingerprint density at radius 1 is 0.921 bits per heavy atom. The van der Waals surface area contributed by atoms with Gasteiger partial charge >= 0.3 is 6.09 Å². The predicted molar refractivity (Wildman–Crippen MR) is 147 cm³/mol. The van der Waals surface area contributed by atoms with E-state index in [-0.39, 0.29) is 28.8 Å². The monoisotopic (exact) mass is 544 g/mol. The molecule has 0 aliphatic heterocycles. The zero-order chi connectivity index (χ0) is 28.3. The van der Waals surface area contributed by atoms with Crippen molar-refractivity contribution in [2.45, 2.75) is 82.9 Å². The molecule has 2 aromatic rings. The highest BCUT2D eigenvalue weighted by Gasteiger charge is 2.31. The summed E-state index contributed by atoms with van der Waals surface area (Å²) >= 11 is 0. The second kappa shape index (κ2) is 14.1. The Morgan fingerprint density at radius 3 is 2.05 bits per heavy atom. The van der Waals surface area contributed by atoms with Crippen LogP contribution in [0.5, 0.6) is 0 Å². The van der Waals surface area contributed by atoms with Gasteiger partial charge in [-0.2, -0.15) is 0 Å². The molecule has 2 aromatic carbocycles. The number of sulfone groups is 1. The third kappa shape index (κ3) is 10.3. The van der Waals surface area contributed by atoms with Crippen molar-refractivity contribution in [3.8, 4) is 0 Å². The Hall–Kier alpha value is -3.20. The summed E-state index contributed by atoms with van der Waals surface area (Å²) in [6, 6.07) is 15.7. The lowest BCUT2D eigenvalue weighted by atomic mass is 9.96. The van der Waals surface area contributed by atoms with Crippen LogP contribution in [0.1, 0.15) is 59.4 Å². The van der Waals surface area contributed by atoms with Crippen molar-refractivity contribution in [2.24, 2.45) is 5.92 Å². The van der Waals surface area contributed by atoms with Gasteiger partial charge in [-0.3, -0.25) is 9.59 Å². The van der Waals surface area contributed by atoms with E-state index >= 15 is 0 Å². The summed E-state index contributed by atoms with van der Waals surface area (Å²) in [5.74, 6) is -1.49. The molecule has 0 saturated carbocycles. The number of benzene rings is 2. The number of hydrogen-bond acceptors (Lipinski definition) is 6. The maximum atomic E-state index is 13.3. The van der Waals surface area contributed by atoms with E-state index in [1.165, 1.54) is 12.1 Å². The summed E-state index contributed by atoms with van der Waals surface area (Å²) in [5.41, 5.74) is 0.251. The number of amides is 2. The van der Waals surface area contributed by atoms with Gasteiger partial charge in [-0.15, -0.1) is 0 Å². The third-order valence-corrected chi connectivity index (χ3v) is 7.89. The number of ether oxygens (including phenoxy) is 1. The molecule has 38 heavy (non-hydrogen) atoms. The Balaban J connectivity index is 2.19. The van der Waals surface area contributed by atoms with Crippen LogP contribution >= 0.6 is 0 Å². The fourth-order valence-corrected chi connectivity index (χ4v) is 5.10. The number of carbonyl (C=O) groups is 3. The molecule has 0 fully saturated rings. The Labute approximate surface area is 226 Å². The van der Waals surface area contributed by atoms with Crippen molar-refractivity contribution in [3.63, 3.8) is 0 Å². The molecule has 0 aliphatic carbocycles. The van der Waals surface area contributed by atoms with Gasteiger partial charge in [0.05, 0.1) is 16.7 Å². The SMILES string of the molecule is CC[C@H](C)[C@H](NC(=O)OC(C)(C)C)C(=O)N[C@@H](CCc1ccccc1)C(=O)CCS(=O)(=O)c1ccccc1. The van der Waals surface area contributed by atoms with E-state index in [1.54, 1.807) is 39.0 Å². The number of Topliss-reactive ketones (excluding diaryl/α,β-unsaturated/α-hetero) is 1. The molecule has 208 valence electrons. The Bertz CT molecular complexity index is 1160. The quantitative estimate of drug-likeness (QED) is 0.384. The number of rotatable bonds is 13. The lowest BCUT2D eigenvalue weighted by Gasteiger charge is -2.28. The van der Waals surface area contributed by atoms with Crippen molar-refractivity contribution in [1.29, 1.82) is 0 Å². The van der Waals surface area contributed by atoms with Gasteiger partial charge in [-0.25, -0.2) is 13.2 Å². The average molecular weight is 545 g/mol. The van der Waals surface area contributed by atoms with Crippen LogP contribution in [-0.4, -0.2) is 49.6 Å². The standard InChI is InChI=1S/C29H40N2O6S/c1-6-21(2)26(31-28(34)37-29(3,4)5)27(33)30-24(18-17-22-13-9-7-10-14-22)25(32)19-20-38(35,36)23-15-11-8-12-16-23/h7-16,21,24,26H,6,17-20H2,1-5H3,(H,30,33)(H,31,34)/t21-,24-,26-/m0/s1. The molecule has 2 N–H and O–H groups in total. The molecule has 0 spiro atoms. The van der Waals surface area contributed by atoms with Crippen LogP contribution in [0.4, 0.5) is 4.79 Å². The normalized spacial score (nSPS) is 14.1. The largest absolute Gasteiger partial charge is 0.444 e. The molecule has 0 aliphatic rings. The van der Waals surface area contributed by atoms with Crippen molar-refractivity contribution in [3.05, 3.63) is 66.2 Å². The Morgan fingerprint density at radius 2 is 1.50 bits per heavy atom. The zero-order valence-electron chi connectivity index (χ0n) is 22.9. The fourth-order valence-electron chi connectivity index (χ4n) is 3.82. The van der Waals surface area contributed by atoms with Crippen LogP contribution in [0.25, 0.3) is 0 Å². The van der Waals surface area contributed by atoms with Crippen LogP contribution < -0.4 is 10.6 Å². The Kier molecular flexibility index (Phi) is 11.5. The highest BCUT2D eigenvalue weighted by atomic mass is 32.2. The molecule has 3 atom stereocenters. The second-order valence-corrected chi connectivity index (χ2v) is 12.6. The first kappa shape index (κ1) is 31.0. The number of ketones is 1. The molecule has 2 amide bonds. The highest BCUT2D eigenvalue weighted by Crippen LogP contribution is 2.15. The minimum absolute atomic E-state index is 0.149. The van der Waals surface area contributed by atoms with E-state index in [9.17, 15) is 22.8 Å². The maximum absolute atomic E-state index is 13.3. The van der Waals surface area contributed by atoms with Crippen molar-refractivity contribution < 1.29 is 27.5 Å². The molecule has 8 nitrogen and oxygen atoms in total. The minimum atomic E-state index is -3.66. The maximum Gasteiger partial charge on any atom is 0.408 e. The van der Waals surface area contributed by atoms with Gasteiger partial charge in [-0.05, 0) is 57.2 Å². The smallest absolute Gasteiger partial charge is 0.408 e. The van der Waals surface area contributed by atoms with Gasteiger partial charge < -0.3 is 15.4 Å². The lowest BCUT2D eigenvalue weighted by molar-refractivity contribution is -0.129. The van der Waals surface area contributed by atoms with E-state index in [2.05, 4.69) is 10.6 Å². The molecule has 0 saturated heterocycles. The topological polar surface area (TPSA) is 119 Å². The number of alkyl carbamates (subject to hydrolysis) is 1. The number of nitrogens with one attached hydrogen (secondary N) is 2. The van der Waals surface area contributed by atoms with Gasteiger partial charge in [0.2, 0.25) is 5.91 Å². The van der Waals surface area contributed by atoms with Crippen molar-refractivity contribution in [2.75, 3.05) is 5.75 Å². The molecular formula is C29H40N2O6S. The first-order chi connectivity index (χ1) is 17.8. The summed E-state index contributed by atoms with van der Waals surface area (Å²) < 4.78 is 30.8. The molecule has 0 radical (unpaired) electrons. The number of carbonyl (C=O) groups excluding carboxylic acids is 3. The first-order valence-corrected chi connectivity index (χ1v) is 14.6. The van der Waals surface area contributed by atoms with E-state index in [4.69, 9.17) is 4.74 Å². The number of hydrogen-bond donors (Lipinski definition) is 2. The molecule has 0 heterocycles. The fraction of sp³-hybridized carbons (Fsp3) is 0.483. The average Bonchev–Trinajstić information content (AvgIpc) is 2.87. The summed E-state index contributed by atoms with van der Waals surface area (Å²) in [4.78, 5) is 39.2. The number of aryl methyl sites for hydroxylation is 1. The lowest BCUT2D eigenvalue weighted by Crippen LogP contribution is -2.54. The van der Waals surface area contributed by atoms with Crippen LogP contribution in [0.15, 0.2) is 65.6 Å². The second-order valence-electron chi connectivity index (χ2n) is 10.4. The molecule has 9 heteroatoms. The molecular weight excluding hydrogens is 504 g/mol. The predicted octanol–water partition coefficient (Wildman–Crippen LogP) is 4.48. The third-order valence-electron chi connectivity index (χ3n) is 6.16. The van der Waals surface area contributed by atoms with E-state index in [1.807, 2.05) is 44.2 Å². The van der Waals surface area contributed by atoms with Gasteiger partial charge in [0.1, 0.15) is 11.6 Å². The summed E-state index contributed by atoms with van der Waals surface area (Å²) in [5, 5.41) is 5.43. The summed E-state index contributed by atoms with van der Waals surface area (Å²) in [6.45, 7) is 8.91. The van der Waals surface area contributed by atoms with Crippen molar-refractivity contribution in [1.82, 2.24) is 10.6 Å². The molecule has 0 aromatic heterocycles. The van der Waals surface area contributed by atoms with Crippen LogP contribution in [0.3, 0.4) is 0 Å². The van der Waals surface area contributed by atoms with Gasteiger partial charge in [0.15, 0.2) is 15.6 Å². The van der Waals surface area contributed by atoms with Crippen LogP contribution in [0.2, 0.25) is 0 Å². The molecule has 2 rings (SSSR count). The van der Waals surface area contributed by atoms with Gasteiger partial charge in [0, 0.05) is 6.42 Å². The highest BCUT2D eigenvalue weighted by molar-refractivity contribution is 7.91.